The maximum absolute atomic E-state index is 12.7. The van der Waals surface area contributed by atoms with Gasteiger partial charge in [0.25, 0.3) is 5.91 Å². The Balaban J connectivity index is 1.48. The Bertz CT molecular complexity index is 1060. The highest BCUT2D eigenvalue weighted by Gasteiger charge is 2.17. The number of hydrogen-bond acceptors (Lipinski definition) is 3. The number of carbonyl (C=O) groups excluding carboxylic acids is 1. The zero-order chi connectivity index (χ0) is 22.3. The first-order valence-corrected chi connectivity index (χ1v) is 12.1. The number of benzene rings is 3. The van der Waals surface area contributed by atoms with Crippen LogP contribution in [0.15, 0.2) is 78.9 Å². The van der Waals surface area contributed by atoms with E-state index in [-0.39, 0.29) is 18.5 Å². The monoisotopic (exact) mass is 447 g/mol. The molecule has 1 aliphatic carbocycles. The van der Waals surface area contributed by atoms with E-state index in [1.54, 1.807) is 30.3 Å². The average Bonchev–Trinajstić information content (AvgIpc) is 2.84. The molecular formula is C26H27N2O3S-. The van der Waals surface area contributed by atoms with E-state index in [1.807, 2.05) is 48.5 Å². The van der Waals surface area contributed by atoms with Gasteiger partial charge >= 0.3 is 0 Å². The summed E-state index contributed by atoms with van der Waals surface area (Å²) in [5, 5.41) is 3.12. The summed E-state index contributed by atoms with van der Waals surface area (Å²) in [6.45, 7) is 0.158. The first-order chi connectivity index (χ1) is 15.6. The molecule has 166 valence electrons. The number of rotatable bonds is 7. The molecule has 1 atom stereocenters. The van der Waals surface area contributed by atoms with Crippen molar-refractivity contribution in [1.29, 1.82) is 0 Å². The first-order valence-electron chi connectivity index (χ1n) is 11.0. The van der Waals surface area contributed by atoms with Crippen molar-refractivity contribution in [1.82, 2.24) is 5.32 Å². The van der Waals surface area contributed by atoms with Gasteiger partial charge in [0.1, 0.15) is 0 Å². The largest absolute Gasteiger partial charge is 0.755 e. The Morgan fingerprint density at radius 3 is 2.28 bits per heavy atom. The summed E-state index contributed by atoms with van der Waals surface area (Å²) in [6, 6.07) is 24.8. The van der Waals surface area contributed by atoms with Gasteiger partial charge in [-0.25, -0.2) is 0 Å². The van der Waals surface area contributed by atoms with E-state index < -0.39 is 11.3 Å². The molecule has 0 aromatic heterocycles. The normalized spacial score (nSPS) is 15.2. The third-order valence-electron chi connectivity index (χ3n) is 5.90. The minimum Gasteiger partial charge on any atom is -0.755 e. The van der Waals surface area contributed by atoms with Gasteiger partial charge in [0.2, 0.25) is 0 Å². The number of carbonyl (C=O) groups is 1. The van der Waals surface area contributed by atoms with Crippen LogP contribution in [0, 0.1) is 0 Å². The van der Waals surface area contributed by atoms with Gasteiger partial charge in [-0.1, -0.05) is 73.9 Å². The van der Waals surface area contributed by atoms with E-state index in [1.165, 1.54) is 10.7 Å². The summed E-state index contributed by atoms with van der Waals surface area (Å²) < 4.78 is 25.3. The van der Waals surface area contributed by atoms with Crippen molar-refractivity contribution in [3.63, 3.8) is 0 Å². The van der Waals surface area contributed by atoms with Crippen molar-refractivity contribution in [2.75, 3.05) is 4.31 Å². The zero-order valence-electron chi connectivity index (χ0n) is 17.9. The second-order valence-electron chi connectivity index (χ2n) is 8.18. The van der Waals surface area contributed by atoms with Crippen LogP contribution >= 0.6 is 0 Å². The lowest BCUT2D eigenvalue weighted by atomic mass is 9.95. The van der Waals surface area contributed by atoms with Gasteiger partial charge in [0, 0.05) is 28.6 Å². The summed E-state index contributed by atoms with van der Waals surface area (Å²) in [4.78, 5) is 12.7. The van der Waals surface area contributed by atoms with Gasteiger partial charge in [-0.15, -0.1) is 0 Å². The van der Waals surface area contributed by atoms with Crippen LogP contribution in [-0.2, 0) is 17.8 Å². The fourth-order valence-corrected chi connectivity index (χ4v) is 4.72. The second kappa shape index (κ2) is 10.6. The molecule has 3 aromatic rings. The summed E-state index contributed by atoms with van der Waals surface area (Å²) >= 11 is -2.45. The molecule has 1 fully saturated rings. The van der Waals surface area contributed by atoms with Crippen LogP contribution in [0.5, 0.6) is 0 Å². The van der Waals surface area contributed by atoms with E-state index >= 15 is 0 Å². The van der Waals surface area contributed by atoms with Gasteiger partial charge in [-0.2, -0.15) is 0 Å². The molecular weight excluding hydrogens is 420 g/mol. The number of hydrogen-bond donors (Lipinski definition) is 1. The smallest absolute Gasteiger partial charge is 0.251 e. The minimum atomic E-state index is -2.45. The van der Waals surface area contributed by atoms with Crippen LogP contribution in [0.1, 0.15) is 48.0 Å². The molecule has 5 nitrogen and oxygen atoms in total. The van der Waals surface area contributed by atoms with E-state index in [9.17, 15) is 13.6 Å². The topological polar surface area (TPSA) is 72.5 Å². The molecule has 32 heavy (non-hydrogen) atoms. The Labute approximate surface area is 191 Å². The molecule has 0 radical (unpaired) electrons. The van der Waals surface area contributed by atoms with Crippen LogP contribution in [0.4, 0.5) is 5.69 Å². The van der Waals surface area contributed by atoms with Gasteiger partial charge < -0.3 is 9.87 Å². The van der Waals surface area contributed by atoms with Crippen molar-refractivity contribution in [2.45, 2.75) is 44.7 Å². The fourth-order valence-electron chi connectivity index (χ4n) is 4.17. The lowest BCUT2D eigenvalue weighted by molar-refractivity contribution is 0.0927. The van der Waals surface area contributed by atoms with Crippen LogP contribution in [0.2, 0.25) is 0 Å². The molecule has 0 heterocycles. The number of nitrogens with one attached hydrogen (secondary N) is 1. The van der Waals surface area contributed by atoms with E-state index in [0.717, 1.165) is 42.4 Å². The van der Waals surface area contributed by atoms with Crippen molar-refractivity contribution in [3.8, 4) is 11.1 Å². The molecule has 1 aliphatic rings. The molecule has 0 bridgehead atoms. The third-order valence-corrected chi connectivity index (χ3v) is 6.60. The van der Waals surface area contributed by atoms with E-state index in [4.69, 9.17) is 0 Å². The lowest BCUT2D eigenvalue weighted by Gasteiger charge is -2.27. The molecule has 1 amide bonds. The highest BCUT2D eigenvalue weighted by molar-refractivity contribution is 7.80. The molecule has 1 N–H and O–H groups in total. The standard InChI is InChI=1S/C26H28N2O3S/c29-26(27-24-12-5-2-6-13-24)23-11-7-8-20(18-23)19-28(32(30)31)25-16-14-22(15-17-25)21-9-3-1-4-10-21/h1,3-4,7-11,14-18,24H,2,5-6,12-13,19H2,(H,27,29)(H,30,31)/p-1. The molecule has 3 aromatic carbocycles. The highest BCUT2D eigenvalue weighted by atomic mass is 32.2. The molecule has 4 rings (SSSR count). The minimum absolute atomic E-state index is 0.0965. The van der Waals surface area contributed by atoms with Crippen LogP contribution in [0.25, 0.3) is 11.1 Å². The molecule has 0 aliphatic heterocycles. The number of nitrogens with zero attached hydrogens (tertiary/aromatic N) is 1. The van der Waals surface area contributed by atoms with Crippen LogP contribution in [-0.4, -0.2) is 20.7 Å². The summed E-state index contributed by atoms with van der Waals surface area (Å²) in [5.41, 5.74) is 4.00. The van der Waals surface area contributed by atoms with Crippen molar-refractivity contribution < 1.29 is 13.6 Å². The first kappa shape index (κ1) is 22.2. The van der Waals surface area contributed by atoms with Crippen molar-refractivity contribution >= 4 is 22.9 Å². The third kappa shape index (κ3) is 5.64. The number of amides is 1. The Morgan fingerprint density at radius 2 is 1.59 bits per heavy atom. The SMILES string of the molecule is O=C(NC1CCCCC1)c1cccc(CN(c2ccc(-c3ccccc3)cc2)S(=O)[O-])c1. The molecule has 0 spiro atoms. The predicted octanol–water partition coefficient (Wildman–Crippen LogP) is 5.22. The van der Waals surface area contributed by atoms with Crippen molar-refractivity contribution in [2.24, 2.45) is 0 Å². The molecule has 0 saturated heterocycles. The average molecular weight is 448 g/mol. The summed E-state index contributed by atoms with van der Waals surface area (Å²) in [5.74, 6) is -0.0965. The fraction of sp³-hybridized carbons (Fsp3) is 0.269. The zero-order valence-corrected chi connectivity index (χ0v) is 18.7. The predicted molar refractivity (Wildman–Crippen MR) is 128 cm³/mol. The van der Waals surface area contributed by atoms with Crippen LogP contribution in [0.3, 0.4) is 0 Å². The van der Waals surface area contributed by atoms with Gasteiger partial charge in [-0.3, -0.25) is 13.3 Å². The summed E-state index contributed by atoms with van der Waals surface area (Å²) in [7, 11) is 0. The van der Waals surface area contributed by atoms with E-state index in [2.05, 4.69) is 5.32 Å². The van der Waals surface area contributed by atoms with Gasteiger partial charge in [0.15, 0.2) is 0 Å². The van der Waals surface area contributed by atoms with Crippen molar-refractivity contribution in [3.05, 3.63) is 90.0 Å². The van der Waals surface area contributed by atoms with E-state index in [0.29, 0.717) is 11.3 Å². The lowest BCUT2D eigenvalue weighted by Crippen LogP contribution is -2.36. The molecule has 1 unspecified atom stereocenters. The maximum atomic E-state index is 12.7. The molecule has 6 heteroatoms. The Morgan fingerprint density at radius 1 is 0.906 bits per heavy atom. The van der Waals surface area contributed by atoms with Gasteiger partial charge in [-0.05, 0) is 53.8 Å². The number of anilines is 1. The molecule has 1 saturated carbocycles. The Hall–Kier alpha value is -2.96. The highest BCUT2D eigenvalue weighted by Crippen LogP contribution is 2.25. The Kier molecular flexibility index (Phi) is 7.35. The second-order valence-corrected chi connectivity index (χ2v) is 9.05. The van der Waals surface area contributed by atoms with Crippen LogP contribution < -0.4 is 9.62 Å². The van der Waals surface area contributed by atoms with Gasteiger partial charge in [0.05, 0.1) is 6.54 Å². The quantitative estimate of drug-likeness (QED) is 0.505. The maximum Gasteiger partial charge on any atom is 0.251 e. The summed E-state index contributed by atoms with van der Waals surface area (Å²) in [6.07, 6.45) is 5.58.